The van der Waals surface area contributed by atoms with Gasteiger partial charge < -0.3 is 15.2 Å². The Balaban J connectivity index is 1.44. The lowest BCUT2D eigenvalue weighted by atomic mass is 9.84. The maximum atomic E-state index is 12.9. The van der Waals surface area contributed by atoms with Gasteiger partial charge in [-0.1, -0.05) is 5.16 Å². The highest BCUT2D eigenvalue weighted by molar-refractivity contribution is 7.89. The van der Waals surface area contributed by atoms with E-state index in [1.54, 1.807) is 18.7 Å². The second-order valence-electron chi connectivity index (χ2n) is 7.82. The van der Waals surface area contributed by atoms with Crippen molar-refractivity contribution in [3.63, 3.8) is 0 Å². The van der Waals surface area contributed by atoms with Gasteiger partial charge in [0.2, 0.25) is 15.9 Å². The molecule has 3 fully saturated rings. The number of nitrogens with two attached hydrogens (primary N) is 1. The summed E-state index contributed by atoms with van der Waals surface area (Å²) in [7, 11) is -3.65. The zero-order valence-corrected chi connectivity index (χ0v) is 16.0. The van der Waals surface area contributed by atoms with Crippen molar-refractivity contribution in [1.82, 2.24) is 14.4 Å². The molecule has 2 saturated carbocycles. The number of sulfonamides is 1. The topological polar surface area (TPSA) is 110 Å². The predicted molar refractivity (Wildman–Crippen MR) is 93.6 cm³/mol. The quantitative estimate of drug-likeness (QED) is 0.815. The first-order valence-corrected chi connectivity index (χ1v) is 10.7. The summed E-state index contributed by atoms with van der Waals surface area (Å²) < 4.78 is 32.2. The number of fused-ring (bicyclic) bond motifs is 2. The second kappa shape index (κ2) is 6.31. The van der Waals surface area contributed by atoms with Crippen molar-refractivity contribution in [1.29, 1.82) is 0 Å². The van der Waals surface area contributed by atoms with E-state index in [4.69, 9.17) is 10.3 Å². The molecule has 0 spiro atoms. The van der Waals surface area contributed by atoms with E-state index >= 15 is 0 Å². The lowest BCUT2D eigenvalue weighted by Crippen LogP contribution is -2.54. The number of hydrogen-bond acceptors (Lipinski definition) is 6. The van der Waals surface area contributed by atoms with Gasteiger partial charge in [-0.2, -0.15) is 4.31 Å². The first-order valence-electron chi connectivity index (χ1n) is 9.28. The van der Waals surface area contributed by atoms with Gasteiger partial charge in [-0.3, -0.25) is 4.79 Å². The molecule has 0 radical (unpaired) electrons. The summed E-state index contributed by atoms with van der Waals surface area (Å²) in [4.78, 5) is 14.9. The van der Waals surface area contributed by atoms with Crippen molar-refractivity contribution >= 4 is 15.9 Å². The van der Waals surface area contributed by atoms with E-state index in [0.717, 1.165) is 19.3 Å². The van der Waals surface area contributed by atoms with Gasteiger partial charge in [0.1, 0.15) is 10.6 Å². The molecule has 3 aliphatic rings. The minimum Gasteiger partial charge on any atom is -0.360 e. The molecule has 9 heteroatoms. The predicted octanol–water partition coefficient (Wildman–Crippen LogP) is 0.498. The molecule has 2 aliphatic carbocycles. The molecular weight excluding hydrogens is 356 g/mol. The van der Waals surface area contributed by atoms with Crippen molar-refractivity contribution in [2.45, 2.75) is 44.0 Å². The van der Waals surface area contributed by atoms with Gasteiger partial charge in [-0.15, -0.1) is 0 Å². The Bertz CT molecular complexity index is 791. The summed E-state index contributed by atoms with van der Waals surface area (Å²) >= 11 is 0. The van der Waals surface area contributed by atoms with Crippen LogP contribution in [0, 0.1) is 31.6 Å². The Morgan fingerprint density at radius 1 is 1.15 bits per heavy atom. The molecule has 0 aromatic carbocycles. The van der Waals surface area contributed by atoms with Gasteiger partial charge in [0.25, 0.3) is 0 Å². The van der Waals surface area contributed by atoms with Crippen molar-refractivity contribution < 1.29 is 17.7 Å². The third kappa shape index (κ3) is 2.68. The Morgan fingerprint density at radius 3 is 2.35 bits per heavy atom. The lowest BCUT2D eigenvalue weighted by molar-refractivity contribution is -0.139. The average Bonchev–Trinajstić information content (AvgIpc) is 3.29. The largest absolute Gasteiger partial charge is 0.360 e. The van der Waals surface area contributed by atoms with Gasteiger partial charge in [0.15, 0.2) is 5.76 Å². The minimum atomic E-state index is -3.65. The second-order valence-corrected chi connectivity index (χ2v) is 9.69. The number of rotatable bonds is 3. The van der Waals surface area contributed by atoms with Crippen LogP contribution in [0.25, 0.3) is 0 Å². The summed E-state index contributed by atoms with van der Waals surface area (Å²) in [5.74, 6) is 1.22. The lowest BCUT2D eigenvalue weighted by Gasteiger charge is -2.37. The normalized spacial score (nSPS) is 32.3. The van der Waals surface area contributed by atoms with Crippen molar-refractivity contribution in [2.75, 3.05) is 26.2 Å². The molecule has 144 valence electrons. The molecule has 1 aliphatic heterocycles. The highest BCUT2D eigenvalue weighted by Gasteiger charge is 2.50. The number of nitrogens with zero attached hydrogens (tertiary/aromatic N) is 3. The van der Waals surface area contributed by atoms with Crippen LogP contribution in [0.5, 0.6) is 0 Å². The number of hydrogen-bond donors (Lipinski definition) is 1. The smallest absolute Gasteiger partial charge is 0.248 e. The van der Waals surface area contributed by atoms with Crippen LogP contribution < -0.4 is 5.73 Å². The molecule has 1 aromatic heterocycles. The fourth-order valence-corrected chi connectivity index (χ4v) is 6.75. The SMILES string of the molecule is Cc1noc(C)c1S(=O)(=O)N1CCN(C(=O)C2C3CCC(C3)C2N)CC1. The summed E-state index contributed by atoms with van der Waals surface area (Å²) in [5.41, 5.74) is 6.66. The number of carbonyl (C=O) groups excluding carboxylic acids is 1. The standard InChI is InChI=1S/C17H26N4O4S/c1-10-16(11(2)25-19-10)26(23,24)21-7-5-20(6-8-21)17(22)14-12-3-4-13(9-12)15(14)18/h12-15H,3-9,18H2,1-2H3. The van der Waals surface area contributed by atoms with Crippen molar-refractivity contribution in [3.05, 3.63) is 11.5 Å². The van der Waals surface area contributed by atoms with E-state index in [2.05, 4.69) is 5.16 Å². The van der Waals surface area contributed by atoms with Gasteiger partial charge in [0.05, 0.1) is 5.92 Å². The highest BCUT2D eigenvalue weighted by atomic mass is 32.2. The molecule has 8 nitrogen and oxygen atoms in total. The zero-order chi connectivity index (χ0) is 18.6. The Morgan fingerprint density at radius 2 is 1.81 bits per heavy atom. The number of amides is 1. The van der Waals surface area contributed by atoms with Gasteiger partial charge in [-0.25, -0.2) is 8.42 Å². The highest BCUT2D eigenvalue weighted by Crippen LogP contribution is 2.48. The third-order valence-corrected chi connectivity index (χ3v) is 8.53. The van der Waals surface area contributed by atoms with Crippen LogP contribution in [0.15, 0.2) is 9.42 Å². The zero-order valence-electron chi connectivity index (χ0n) is 15.2. The third-order valence-electron chi connectivity index (χ3n) is 6.38. The summed E-state index contributed by atoms with van der Waals surface area (Å²) in [6, 6.07) is -0.0367. The van der Waals surface area contributed by atoms with E-state index in [1.165, 1.54) is 4.31 Å². The summed E-state index contributed by atoms with van der Waals surface area (Å²) in [6.45, 7) is 4.61. The average molecular weight is 382 g/mol. The Hall–Kier alpha value is -1.45. The Labute approximate surface area is 153 Å². The van der Waals surface area contributed by atoms with Gasteiger partial charge >= 0.3 is 0 Å². The minimum absolute atomic E-state index is 0.0367. The molecule has 4 unspecified atom stereocenters. The van der Waals surface area contributed by atoms with Crippen molar-refractivity contribution in [2.24, 2.45) is 23.5 Å². The number of carbonyl (C=O) groups is 1. The molecule has 2 bridgehead atoms. The molecule has 4 rings (SSSR count). The van der Waals surface area contributed by atoms with E-state index < -0.39 is 10.0 Å². The molecule has 1 saturated heterocycles. The molecule has 2 N–H and O–H groups in total. The monoisotopic (exact) mass is 382 g/mol. The Kier molecular flexibility index (Phi) is 4.36. The fraction of sp³-hybridized carbons (Fsp3) is 0.765. The van der Waals surface area contributed by atoms with E-state index in [-0.39, 0.29) is 35.9 Å². The number of aryl methyl sites for hydroxylation is 2. The van der Waals surface area contributed by atoms with Crippen LogP contribution in [0.2, 0.25) is 0 Å². The van der Waals surface area contributed by atoms with E-state index in [9.17, 15) is 13.2 Å². The van der Waals surface area contributed by atoms with E-state index in [1.807, 2.05) is 0 Å². The molecule has 2 heterocycles. The summed E-state index contributed by atoms with van der Waals surface area (Å²) in [6.07, 6.45) is 3.30. The maximum absolute atomic E-state index is 12.9. The van der Waals surface area contributed by atoms with Crippen LogP contribution >= 0.6 is 0 Å². The van der Waals surface area contributed by atoms with E-state index in [0.29, 0.717) is 36.4 Å². The van der Waals surface area contributed by atoms with Crippen LogP contribution in [0.3, 0.4) is 0 Å². The first kappa shape index (κ1) is 17.9. The molecular formula is C17H26N4O4S. The molecule has 26 heavy (non-hydrogen) atoms. The first-order chi connectivity index (χ1) is 12.3. The number of aromatic nitrogens is 1. The van der Waals surface area contributed by atoms with Crippen LogP contribution in [0.4, 0.5) is 0 Å². The van der Waals surface area contributed by atoms with Crippen LogP contribution in [0.1, 0.15) is 30.7 Å². The number of piperazine rings is 1. The fourth-order valence-electron chi connectivity index (χ4n) is 5.03. The van der Waals surface area contributed by atoms with Gasteiger partial charge in [-0.05, 0) is 44.9 Å². The van der Waals surface area contributed by atoms with Crippen LogP contribution in [-0.2, 0) is 14.8 Å². The maximum Gasteiger partial charge on any atom is 0.248 e. The van der Waals surface area contributed by atoms with Gasteiger partial charge in [0, 0.05) is 32.2 Å². The van der Waals surface area contributed by atoms with Crippen LogP contribution in [-0.4, -0.2) is 60.9 Å². The summed E-state index contributed by atoms with van der Waals surface area (Å²) in [5, 5.41) is 3.74. The molecule has 1 aromatic rings. The molecule has 1 amide bonds. The van der Waals surface area contributed by atoms with Crippen molar-refractivity contribution in [3.8, 4) is 0 Å². The molecule has 4 atom stereocenters.